The van der Waals surface area contributed by atoms with Crippen LogP contribution in [0, 0.1) is 5.82 Å². The summed E-state index contributed by atoms with van der Waals surface area (Å²) in [6.45, 7) is 0. The normalized spacial score (nSPS) is 10.3. The number of aromatic nitrogens is 3. The Hall–Kier alpha value is -2.44. The fraction of sp³-hybridized carbons (Fsp3) is 0. The molecule has 1 aromatic heterocycles. The molecule has 2 aromatic rings. The largest absolute Gasteiger partial charge is 0.476 e. The van der Waals surface area contributed by atoms with Gasteiger partial charge in [-0.2, -0.15) is 4.68 Å². The summed E-state index contributed by atoms with van der Waals surface area (Å²) >= 11 is 0. The predicted octanol–water partition coefficient (Wildman–Crippen LogP) is 0.687. The molecule has 0 bridgehead atoms. The van der Waals surface area contributed by atoms with Crippen molar-refractivity contribution in [2.45, 2.75) is 0 Å². The number of rotatable bonds is 2. The highest BCUT2D eigenvalue weighted by Gasteiger charge is 2.17. The number of carboxylic acid groups (broad SMARTS) is 1. The van der Waals surface area contributed by atoms with Gasteiger partial charge >= 0.3 is 5.97 Å². The number of carboxylic acids is 1. The highest BCUT2D eigenvalue weighted by molar-refractivity contribution is 5.90. The lowest BCUT2D eigenvalue weighted by Gasteiger charge is -2.01. The van der Waals surface area contributed by atoms with Gasteiger partial charge in [0.15, 0.2) is 5.82 Å². The zero-order valence-electron chi connectivity index (χ0n) is 7.96. The predicted molar refractivity (Wildman–Crippen MR) is 52.7 cm³/mol. The van der Waals surface area contributed by atoms with Crippen molar-refractivity contribution >= 4 is 11.8 Å². The van der Waals surface area contributed by atoms with Crippen LogP contribution >= 0.6 is 0 Å². The Balaban J connectivity index is 2.53. The fourth-order valence-corrected chi connectivity index (χ4v) is 1.24. The summed E-state index contributed by atoms with van der Waals surface area (Å²) in [6, 6.07) is 5.44. The number of nitrogens with two attached hydrogens (primary N) is 1. The Morgan fingerprint density at radius 1 is 1.50 bits per heavy atom. The first-order valence-corrected chi connectivity index (χ1v) is 4.30. The number of nitrogen functional groups attached to an aromatic ring is 1. The lowest BCUT2D eigenvalue weighted by molar-refractivity contribution is 0.0691. The van der Waals surface area contributed by atoms with Gasteiger partial charge in [0.1, 0.15) is 5.82 Å². The summed E-state index contributed by atoms with van der Waals surface area (Å²) in [6.07, 6.45) is 0. The van der Waals surface area contributed by atoms with Crippen LogP contribution in [0.1, 0.15) is 10.5 Å². The average molecular weight is 222 g/mol. The minimum Gasteiger partial charge on any atom is -0.476 e. The van der Waals surface area contributed by atoms with Crippen LogP contribution in [-0.2, 0) is 0 Å². The highest BCUT2D eigenvalue weighted by Crippen LogP contribution is 2.15. The van der Waals surface area contributed by atoms with Crippen molar-refractivity contribution < 1.29 is 14.3 Å². The topological polar surface area (TPSA) is 94.0 Å². The van der Waals surface area contributed by atoms with Crippen molar-refractivity contribution in [3.05, 3.63) is 35.8 Å². The second-order valence-electron chi connectivity index (χ2n) is 3.02. The molecule has 16 heavy (non-hydrogen) atoms. The fourth-order valence-electron chi connectivity index (χ4n) is 1.24. The molecule has 0 amide bonds. The number of halogens is 1. The van der Waals surface area contributed by atoms with Gasteiger partial charge in [-0.05, 0) is 18.2 Å². The Morgan fingerprint density at radius 3 is 2.81 bits per heavy atom. The lowest BCUT2D eigenvalue weighted by atomic mass is 10.3. The van der Waals surface area contributed by atoms with Gasteiger partial charge in [0.2, 0.25) is 5.69 Å². The maximum Gasteiger partial charge on any atom is 0.360 e. The average Bonchev–Trinajstić information content (AvgIpc) is 2.60. The van der Waals surface area contributed by atoms with Gasteiger partial charge in [-0.25, -0.2) is 9.18 Å². The molecule has 0 aliphatic carbocycles. The maximum absolute atomic E-state index is 12.9. The van der Waals surface area contributed by atoms with E-state index in [9.17, 15) is 9.18 Å². The molecule has 0 fully saturated rings. The summed E-state index contributed by atoms with van der Waals surface area (Å²) in [4.78, 5) is 10.7. The molecule has 0 aliphatic heterocycles. The summed E-state index contributed by atoms with van der Waals surface area (Å²) in [7, 11) is 0. The lowest BCUT2D eigenvalue weighted by Crippen LogP contribution is -2.06. The molecule has 0 saturated heterocycles. The van der Waals surface area contributed by atoms with Crippen molar-refractivity contribution in [3.63, 3.8) is 0 Å². The molecule has 0 saturated carbocycles. The molecule has 0 radical (unpaired) electrons. The number of hydrogen-bond donors (Lipinski definition) is 2. The zero-order chi connectivity index (χ0) is 11.7. The third kappa shape index (κ3) is 1.58. The first kappa shape index (κ1) is 10.1. The van der Waals surface area contributed by atoms with Gasteiger partial charge in [-0.15, -0.1) is 5.10 Å². The summed E-state index contributed by atoms with van der Waals surface area (Å²) in [5.41, 5.74) is 5.48. The molecular formula is C9H7FN4O2. The first-order chi connectivity index (χ1) is 7.59. The van der Waals surface area contributed by atoms with Gasteiger partial charge in [0.25, 0.3) is 0 Å². The number of carbonyl (C=O) groups is 1. The van der Waals surface area contributed by atoms with Crippen LogP contribution in [0.4, 0.5) is 10.2 Å². The van der Waals surface area contributed by atoms with E-state index < -0.39 is 11.8 Å². The Bertz CT molecular complexity index is 552. The van der Waals surface area contributed by atoms with E-state index in [2.05, 4.69) is 10.3 Å². The van der Waals surface area contributed by atoms with Crippen LogP contribution in [0.5, 0.6) is 0 Å². The van der Waals surface area contributed by atoms with Crippen LogP contribution in [0.3, 0.4) is 0 Å². The van der Waals surface area contributed by atoms with Crippen molar-refractivity contribution in [1.82, 2.24) is 15.0 Å². The van der Waals surface area contributed by atoms with Gasteiger partial charge in [0.05, 0.1) is 5.69 Å². The molecule has 0 atom stereocenters. The van der Waals surface area contributed by atoms with Crippen LogP contribution in [0.25, 0.3) is 5.69 Å². The third-order valence-corrected chi connectivity index (χ3v) is 1.96. The molecule has 7 heteroatoms. The van der Waals surface area contributed by atoms with Gasteiger partial charge < -0.3 is 10.8 Å². The molecule has 0 aliphatic rings. The smallest absolute Gasteiger partial charge is 0.360 e. The molecule has 2 rings (SSSR count). The molecule has 1 heterocycles. The van der Waals surface area contributed by atoms with Gasteiger partial charge in [-0.1, -0.05) is 11.3 Å². The molecule has 3 N–H and O–H groups in total. The monoisotopic (exact) mass is 222 g/mol. The number of benzene rings is 1. The van der Waals surface area contributed by atoms with Crippen molar-refractivity contribution in [3.8, 4) is 5.69 Å². The van der Waals surface area contributed by atoms with E-state index in [4.69, 9.17) is 10.8 Å². The molecular weight excluding hydrogens is 215 g/mol. The first-order valence-electron chi connectivity index (χ1n) is 4.30. The standard InChI is InChI=1S/C9H7FN4O2/c10-5-2-1-3-6(4-5)14-8(11)7(9(15)16)12-13-14/h1-4H,11H2,(H,15,16). The third-order valence-electron chi connectivity index (χ3n) is 1.96. The number of hydrogen-bond acceptors (Lipinski definition) is 4. The SMILES string of the molecule is Nc1c(C(=O)O)nnn1-c1cccc(F)c1. The minimum atomic E-state index is -1.28. The maximum atomic E-state index is 12.9. The molecule has 0 spiro atoms. The van der Waals surface area contributed by atoms with Crippen LogP contribution in [0.15, 0.2) is 24.3 Å². The Kier molecular flexibility index (Phi) is 2.28. The van der Waals surface area contributed by atoms with Crippen LogP contribution in [-0.4, -0.2) is 26.1 Å². The van der Waals surface area contributed by atoms with E-state index in [1.165, 1.54) is 18.2 Å². The minimum absolute atomic E-state index is 0.141. The van der Waals surface area contributed by atoms with Crippen LogP contribution < -0.4 is 5.73 Å². The second kappa shape index (κ2) is 3.61. The Labute approximate surface area is 89.1 Å². The van der Waals surface area contributed by atoms with Crippen molar-refractivity contribution in [2.24, 2.45) is 0 Å². The molecule has 0 unspecified atom stereocenters. The summed E-state index contributed by atoms with van der Waals surface area (Å²) in [5, 5.41) is 15.6. The Morgan fingerprint density at radius 2 is 2.25 bits per heavy atom. The number of anilines is 1. The highest BCUT2D eigenvalue weighted by atomic mass is 19.1. The number of nitrogens with zero attached hydrogens (tertiary/aromatic N) is 3. The van der Waals surface area contributed by atoms with E-state index in [0.29, 0.717) is 5.69 Å². The van der Waals surface area contributed by atoms with Crippen LogP contribution in [0.2, 0.25) is 0 Å². The molecule has 82 valence electrons. The molecule has 6 nitrogen and oxygen atoms in total. The van der Waals surface area contributed by atoms with E-state index in [1.54, 1.807) is 6.07 Å². The van der Waals surface area contributed by atoms with Gasteiger partial charge in [0, 0.05) is 0 Å². The zero-order valence-corrected chi connectivity index (χ0v) is 7.96. The quantitative estimate of drug-likeness (QED) is 0.779. The van der Waals surface area contributed by atoms with Gasteiger partial charge in [-0.3, -0.25) is 0 Å². The van der Waals surface area contributed by atoms with E-state index in [0.717, 1.165) is 4.68 Å². The van der Waals surface area contributed by atoms with E-state index in [1.807, 2.05) is 0 Å². The second-order valence-corrected chi connectivity index (χ2v) is 3.02. The van der Waals surface area contributed by atoms with E-state index in [-0.39, 0.29) is 11.5 Å². The van der Waals surface area contributed by atoms with Crippen molar-refractivity contribution in [1.29, 1.82) is 0 Å². The van der Waals surface area contributed by atoms with Crippen molar-refractivity contribution in [2.75, 3.05) is 5.73 Å². The summed E-state index contributed by atoms with van der Waals surface area (Å²) in [5.74, 6) is -1.89. The number of aromatic carboxylic acids is 1. The molecule has 1 aromatic carbocycles. The van der Waals surface area contributed by atoms with E-state index >= 15 is 0 Å². The summed E-state index contributed by atoms with van der Waals surface area (Å²) < 4.78 is 14.0.